The van der Waals surface area contributed by atoms with E-state index in [0.29, 0.717) is 21.6 Å². The number of rotatable bonds is 2. The molecule has 5 heteroatoms. The van der Waals surface area contributed by atoms with Crippen molar-refractivity contribution < 1.29 is 4.39 Å². The largest absolute Gasteiger partial charge is 0.379 e. The summed E-state index contributed by atoms with van der Waals surface area (Å²) < 4.78 is 13.9. The third kappa shape index (κ3) is 2.76. The molecule has 1 N–H and O–H groups in total. The lowest BCUT2D eigenvalue weighted by molar-refractivity contribution is 0.193. The minimum Gasteiger partial charge on any atom is -0.379 e. The normalized spacial score (nSPS) is 27.3. The first-order chi connectivity index (χ1) is 9.15. The first kappa shape index (κ1) is 13.7. The van der Waals surface area contributed by atoms with Gasteiger partial charge in [-0.1, -0.05) is 18.0 Å². The summed E-state index contributed by atoms with van der Waals surface area (Å²) in [4.78, 5) is 2.56. The highest BCUT2D eigenvalue weighted by molar-refractivity contribution is 9.10. The molecule has 2 atom stereocenters. The van der Waals surface area contributed by atoms with Crippen LogP contribution in [0.4, 0.5) is 10.1 Å². The van der Waals surface area contributed by atoms with E-state index in [1.54, 1.807) is 0 Å². The quantitative estimate of drug-likeness (QED) is 0.859. The van der Waals surface area contributed by atoms with Crippen LogP contribution in [0.1, 0.15) is 25.7 Å². The Bertz CT molecular complexity index is 460. The summed E-state index contributed by atoms with van der Waals surface area (Å²) >= 11 is 9.53. The van der Waals surface area contributed by atoms with Gasteiger partial charge in [-0.15, -0.1) is 0 Å². The second-order valence-corrected chi connectivity index (χ2v) is 6.64. The number of hydrogen-bond acceptors (Lipinski definition) is 2. The third-order valence-electron chi connectivity index (χ3n) is 4.19. The molecule has 19 heavy (non-hydrogen) atoms. The molecule has 2 aliphatic rings. The Morgan fingerprint density at radius 3 is 2.89 bits per heavy atom. The Morgan fingerprint density at radius 1 is 1.26 bits per heavy atom. The van der Waals surface area contributed by atoms with Gasteiger partial charge in [-0.2, -0.15) is 0 Å². The third-order valence-corrected chi connectivity index (χ3v) is 5.12. The van der Waals surface area contributed by atoms with Gasteiger partial charge in [0.1, 0.15) is 5.82 Å². The summed E-state index contributed by atoms with van der Waals surface area (Å²) in [5.74, 6) is -0.312. The van der Waals surface area contributed by atoms with Crippen LogP contribution in [0.15, 0.2) is 16.6 Å². The van der Waals surface area contributed by atoms with Crippen molar-refractivity contribution in [2.75, 3.05) is 18.4 Å². The summed E-state index contributed by atoms with van der Waals surface area (Å²) in [6, 6.07) is 3.84. The highest BCUT2D eigenvalue weighted by atomic mass is 79.9. The lowest BCUT2D eigenvalue weighted by atomic mass is 9.99. The maximum Gasteiger partial charge on any atom is 0.125 e. The average molecular weight is 348 g/mol. The predicted octanol–water partition coefficient (Wildman–Crippen LogP) is 4.28. The minimum atomic E-state index is -0.312. The zero-order valence-corrected chi connectivity index (χ0v) is 13.0. The van der Waals surface area contributed by atoms with E-state index in [1.165, 1.54) is 37.9 Å². The Hall–Kier alpha value is -0.320. The number of halogens is 3. The summed E-state index contributed by atoms with van der Waals surface area (Å²) in [5.41, 5.74) is 0.820. The molecule has 1 aromatic carbocycles. The summed E-state index contributed by atoms with van der Waals surface area (Å²) in [7, 11) is 0. The highest BCUT2D eigenvalue weighted by Gasteiger charge is 2.35. The second kappa shape index (κ2) is 5.58. The van der Waals surface area contributed by atoms with E-state index in [9.17, 15) is 4.39 Å². The average Bonchev–Trinajstić information content (AvgIpc) is 2.77. The molecule has 2 aliphatic heterocycles. The fraction of sp³-hybridized carbons (Fsp3) is 0.571. The molecule has 0 aromatic heterocycles. The van der Waals surface area contributed by atoms with Crippen molar-refractivity contribution in [1.29, 1.82) is 0 Å². The van der Waals surface area contributed by atoms with E-state index >= 15 is 0 Å². The highest BCUT2D eigenvalue weighted by Crippen LogP contribution is 2.35. The fourth-order valence-electron chi connectivity index (χ4n) is 3.28. The molecule has 0 saturated carbocycles. The van der Waals surface area contributed by atoms with Crippen LogP contribution in [0.25, 0.3) is 0 Å². The molecule has 1 aromatic rings. The van der Waals surface area contributed by atoms with Crippen LogP contribution < -0.4 is 5.32 Å². The van der Waals surface area contributed by atoms with Gasteiger partial charge in [0.15, 0.2) is 0 Å². The standard InChI is InChI=1S/C14H17BrClFN2/c15-10-7-9(17)8-11(16)14(10)18-12-4-6-19-5-2-1-3-13(12)19/h7-8,12-13,18H,1-6H2. The van der Waals surface area contributed by atoms with Crippen LogP contribution in [0.5, 0.6) is 0 Å². The van der Waals surface area contributed by atoms with Gasteiger partial charge in [-0.3, -0.25) is 4.90 Å². The molecule has 0 bridgehead atoms. The van der Waals surface area contributed by atoms with Gasteiger partial charge < -0.3 is 5.32 Å². The van der Waals surface area contributed by atoms with E-state index in [-0.39, 0.29) is 5.82 Å². The molecule has 0 radical (unpaired) electrons. The molecule has 0 aliphatic carbocycles. The van der Waals surface area contributed by atoms with Crippen molar-refractivity contribution >= 4 is 33.2 Å². The van der Waals surface area contributed by atoms with Crippen molar-refractivity contribution in [2.45, 2.75) is 37.8 Å². The maximum absolute atomic E-state index is 13.2. The molecule has 0 spiro atoms. The second-order valence-electron chi connectivity index (χ2n) is 5.38. The molecule has 3 rings (SSSR count). The Labute approximate surface area is 126 Å². The van der Waals surface area contributed by atoms with E-state index in [2.05, 4.69) is 26.1 Å². The SMILES string of the molecule is Fc1cc(Cl)c(NC2CCN3CCCCC23)c(Br)c1. The van der Waals surface area contributed by atoms with Crippen LogP contribution >= 0.6 is 27.5 Å². The smallest absolute Gasteiger partial charge is 0.125 e. The van der Waals surface area contributed by atoms with Gasteiger partial charge in [0, 0.05) is 23.1 Å². The molecule has 2 saturated heterocycles. The summed E-state index contributed by atoms with van der Waals surface area (Å²) in [6.45, 7) is 2.36. The van der Waals surface area contributed by atoms with Crippen molar-refractivity contribution in [2.24, 2.45) is 0 Å². The Kier molecular flexibility index (Phi) is 4.01. The number of nitrogens with zero attached hydrogens (tertiary/aromatic N) is 1. The van der Waals surface area contributed by atoms with Gasteiger partial charge >= 0.3 is 0 Å². The monoisotopic (exact) mass is 346 g/mol. The summed E-state index contributed by atoms with van der Waals surface area (Å²) in [6.07, 6.45) is 4.99. The number of piperidine rings is 1. The number of nitrogens with one attached hydrogen (secondary N) is 1. The van der Waals surface area contributed by atoms with Crippen molar-refractivity contribution in [3.8, 4) is 0 Å². The number of anilines is 1. The fourth-order valence-corrected chi connectivity index (χ4v) is 4.20. The van der Waals surface area contributed by atoms with E-state index < -0.39 is 0 Å². The topological polar surface area (TPSA) is 15.3 Å². The zero-order valence-electron chi connectivity index (χ0n) is 10.6. The van der Waals surface area contributed by atoms with Gasteiger partial charge in [0.05, 0.1) is 10.7 Å². The number of hydrogen-bond donors (Lipinski definition) is 1. The van der Waals surface area contributed by atoms with Gasteiger partial charge in [0.2, 0.25) is 0 Å². The lowest BCUT2D eigenvalue weighted by Crippen LogP contribution is -2.41. The zero-order chi connectivity index (χ0) is 13.4. The van der Waals surface area contributed by atoms with Crippen LogP contribution in [-0.2, 0) is 0 Å². The van der Waals surface area contributed by atoms with Crippen molar-refractivity contribution in [3.63, 3.8) is 0 Å². The molecule has 0 amide bonds. The van der Waals surface area contributed by atoms with Crippen molar-refractivity contribution in [1.82, 2.24) is 4.90 Å². The first-order valence-electron chi connectivity index (χ1n) is 6.80. The van der Waals surface area contributed by atoms with Gasteiger partial charge in [0.25, 0.3) is 0 Å². The molecule has 2 unspecified atom stereocenters. The van der Waals surface area contributed by atoms with Gasteiger partial charge in [-0.05, 0) is 53.9 Å². The summed E-state index contributed by atoms with van der Waals surface area (Å²) in [5, 5.41) is 3.96. The molecule has 2 heterocycles. The van der Waals surface area contributed by atoms with E-state index in [0.717, 1.165) is 18.7 Å². The van der Waals surface area contributed by atoms with Crippen LogP contribution in [-0.4, -0.2) is 30.1 Å². The molecule has 2 fully saturated rings. The van der Waals surface area contributed by atoms with Crippen LogP contribution in [0.2, 0.25) is 5.02 Å². The first-order valence-corrected chi connectivity index (χ1v) is 7.97. The van der Waals surface area contributed by atoms with Crippen molar-refractivity contribution in [3.05, 3.63) is 27.4 Å². The van der Waals surface area contributed by atoms with Crippen LogP contribution in [0.3, 0.4) is 0 Å². The number of benzene rings is 1. The molecule has 2 nitrogen and oxygen atoms in total. The molecular formula is C14H17BrClFN2. The maximum atomic E-state index is 13.2. The molecule has 104 valence electrons. The van der Waals surface area contributed by atoms with E-state index in [4.69, 9.17) is 11.6 Å². The minimum absolute atomic E-state index is 0.312. The lowest BCUT2D eigenvalue weighted by Gasteiger charge is -2.33. The van der Waals surface area contributed by atoms with Crippen LogP contribution in [0, 0.1) is 5.82 Å². The Morgan fingerprint density at radius 2 is 2.11 bits per heavy atom. The van der Waals surface area contributed by atoms with E-state index in [1.807, 2.05) is 0 Å². The number of fused-ring (bicyclic) bond motifs is 1. The molecular weight excluding hydrogens is 331 g/mol. The Balaban J connectivity index is 1.78. The van der Waals surface area contributed by atoms with Gasteiger partial charge in [-0.25, -0.2) is 4.39 Å². The predicted molar refractivity (Wildman–Crippen MR) is 80.3 cm³/mol.